The fourth-order valence-corrected chi connectivity index (χ4v) is 5.64. The van der Waals surface area contributed by atoms with E-state index in [1.54, 1.807) is 12.4 Å². The normalized spacial score (nSPS) is 12.2. The van der Waals surface area contributed by atoms with Gasteiger partial charge in [-0.15, -0.1) is 0 Å². The summed E-state index contributed by atoms with van der Waals surface area (Å²) in [7, 11) is 0. The summed E-state index contributed by atoms with van der Waals surface area (Å²) in [6, 6.07) is 26.6. The van der Waals surface area contributed by atoms with Crippen LogP contribution in [0.5, 0.6) is 0 Å². The molecular weight excluding hydrogens is 474 g/mol. The summed E-state index contributed by atoms with van der Waals surface area (Å²) in [6.45, 7) is 0. The minimum Gasteiger partial charge on any atom is -0.292 e. The number of rotatable bonds is 2. The van der Waals surface area contributed by atoms with Crippen LogP contribution in [0.1, 0.15) is 0 Å². The van der Waals surface area contributed by atoms with Crippen molar-refractivity contribution >= 4 is 55.9 Å². The van der Waals surface area contributed by atoms with Gasteiger partial charge in [-0.05, 0) is 72.8 Å². The van der Waals surface area contributed by atoms with Crippen LogP contribution in [0.25, 0.3) is 67.3 Å². The van der Waals surface area contributed by atoms with E-state index in [0.717, 1.165) is 67.3 Å². The molecule has 0 amide bonds. The first-order valence-electron chi connectivity index (χ1n) is 12.3. The number of hydrogen-bond acceptors (Lipinski definition) is 5. The largest absolute Gasteiger partial charge is 0.292 e. The Morgan fingerprint density at radius 3 is 1.95 bits per heavy atom. The molecule has 0 fully saturated rings. The molecule has 9 aromatic rings. The average molecular weight is 492 g/mol. The minimum atomic E-state index is 0.770. The van der Waals surface area contributed by atoms with Crippen molar-refractivity contribution in [3.05, 3.63) is 104 Å². The summed E-state index contributed by atoms with van der Waals surface area (Å²) in [6.07, 6.45) is 7.24. The Kier molecular flexibility index (Phi) is 3.62. The van der Waals surface area contributed by atoms with Crippen LogP contribution in [0.4, 0.5) is 0 Å². The van der Waals surface area contributed by atoms with Crippen LogP contribution in [0, 0.1) is 0 Å². The standard InChI is InChI=1S/C29H17N9/c1-7-19(35-22-10-4-14-32-27(22)37-24(35)16-18-6-2-12-30-25(18)37)17-20(8-1)36-23-11-5-15-33-28(23)38-26-21(34-29(36)38)9-3-13-31-26/h1-17H. The monoisotopic (exact) mass is 491 g/mol. The van der Waals surface area contributed by atoms with Crippen LogP contribution < -0.4 is 0 Å². The van der Waals surface area contributed by atoms with Gasteiger partial charge in [-0.1, -0.05) is 6.07 Å². The molecule has 9 heteroatoms. The van der Waals surface area contributed by atoms with Gasteiger partial charge in [-0.3, -0.25) is 13.5 Å². The Morgan fingerprint density at radius 2 is 1.13 bits per heavy atom. The molecule has 9 nitrogen and oxygen atoms in total. The van der Waals surface area contributed by atoms with E-state index < -0.39 is 0 Å². The van der Waals surface area contributed by atoms with Gasteiger partial charge in [0.15, 0.2) is 16.9 Å². The fraction of sp³-hybridized carbons (Fsp3) is 0. The third kappa shape index (κ3) is 2.42. The minimum absolute atomic E-state index is 0.770. The average Bonchev–Trinajstić information content (AvgIpc) is 3.69. The van der Waals surface area contributed by atoms with Gasteiger partial charge in [-0.2, -0.15) is 0 Å². The smallest absolute Gasteiger partial charge is 0.223 e. The highest BCUT2D eigenvalue weighted by molar-refractivity contribution is 5.93. The lowest BCUT2D eigenvalue weighted by Gasteiger charge is -2.10. The number of hydrogen-bond donors (Lipinski definition) is 0. The van der Waals surface area contributed by atoms with Crippen molar-refractivity contribution in [2.45, 2.75) is 0 Å². The number of aromatic nitrogens is 9. The van der Waals surface area contributed by atoms with E-state index in [1.165, 1.54) is 0 Å². The maximum Gasteiger partial charge on any atom is 0.223 e. The van der Waals surface area contributed by atoms with Gasteiger partial charge in [0.05, 0.1) is 16.7 Å². The Morgan fingerprint density at radius 1 is 0.500 bits per heavy atom. The Balaban J connectivity index is 1.37. The molecule has 0 spiro atoms. The zero-order valence-corrected chi connectivity index (χ0v) is 19.8. The van der Waals surface area contributed by atoms with E-state index in [1.807, 2.05) is 47.1 Å². The molecule has 8 heterocycles. The van der Waals surface area contributed by atoms with Crippen molar-refractivity contribution in [3.8, 4) is 11.4 Å². The molecule has 1 aromatic carbocycles. The number of fused-ring (bicyclic) bond motifs is 10. The molecule has 0 aliphatic rings. The van der Waals surface area contributed by atoms with Gasteiger partial charge in [-0.25, -0.2) is 29.3 Å². The fourth-order valence-electron chi connectivity index (χ4n) is 5.64. The van der Waals surface area contributed by atoms with Gasteiger partial charge in [0.1, 0.15) is 16.8 Å². The molecule has 0 aliphatic heterocycles. The summed E-state index contributed by atoms with van der Waals surface area (Å²) < 4.78 is 8.52. The van der Waals surface area contributed by atoms with E-state index in [2.05, 4.69) is 72.0 Å². The van der Waals surface area contributed by atoms with Crippen molar-refractivity contribution in [2.75, 3.05) is 0 Å². The van der Waals surface area contributed by atoms with Crippen LogP contribution in [-0.4, -0.2) is 42.9 Å². The third-order valence-electron chi connectivity index (χ3n) is 7.15. The summed E-state index contributed by atoms with van der Waals surface area (Å²) in [5, 5.41) is 1.07. The lowest BCUT2D eigenvalue weighted by atomic mass is 10.2. The summed E-state index contributed by atoms with van der Waals surface area (Å²) in [4.78, 5) is 23.6. The molecule has 0 N–H and O–H groups in total. The van der Waals surface area contributed by atoms with Crippen LogP contribution >= 0.6 is 0 Å². The number of pyridine rings is 4. The van der Waals surface area contributed by atoms with Crippen LogP contribution in [0.15, 0.2) is 104 Å². The van der Waals surface area contributed by atoms with Gasteiger partial charge in [0.25, 0.3) is 0 Å². The molecule has 8 aromatic heterocycles. The molecule has 0 aliphatic carbocycles. The van der Waals surface area contributed by atoms with E-state index in [9.17, 15) is 0 Å². The third-order valence-corrected chi connectivity index (χ3v) is 7.15. The van der Waals surface area contributed by atoms with Gasteiger partial charge < -0.3 is 0 Å². The van der Waals surface area contributed by atoms with Crippen LogP contribution in [-0.2, 0) is 0 Å². The summed E-state index contributed by atoms with van der Waals surface area (Å²) in [5.74, 6) is 0.770. The molecule has 9 rings (SSSR count). The molecular formula is C29H17N9. The zero-order chi connectivity index (χ0) is 24.8. The van der Waals surface area contributed by atoms with Gasteiger partial charge in [0.2, 0.25) is 5.78 Å². The molecule has 0 saturated heterocycles. The Hall–Kier alpha value is -5.57. The maximum atomic E-state index is 4.94. The van der Waals surface area contributed by atoms with Crippen molar-refractivity contribution in [1.29, 1.82) is 0 Å². The molecule has 0 saturated carbocycles. The predicted molar refractivity (Wildman–Crippen MR) is 146 cm³/mol. The highest BCUT2D eigenvalue weighted by Crippen LogP contribution is 2.32. The Labute approximate surface area is 213 Å². The molecule has 0 unspecified atom stereocenters. The molecule has 0 radical (unpaired) electrons. The first-order chi connectivity index (χ1) is 18.9. The van der Waals surface area contributed by atoms with E-state index >= 15 is 0 Å². The molecule has 0 atom stereocenters. The summed E-state index contributed by atoms with van der Waals surface area (Å²) >= 11 is 0. The predicted octanol–water partition coefficient (Wildman–Crippen LogP) is 5.36. The second-order valence-corrected chi connectivity index (χ2v) is 9.23. The van der Waals surface area contributed by atoms with Crippen molar-refractivity contribution in [3.63, 3.8) is 0 Å². The second-order valence-electron chi connectivity index (χ2n) is 9.23. The van der Waals surface area contributed by atoms with Crippen LogP contribution in [0.2, 0.25) is 0 Å². The summed E-state index contributed by atoms with van der Waals surface area (Å²) in [5.41, 5.74) is 9.15. The number of imidazole rings is 3. The lowest BCUT2D eigenvalue weighted by molar-refractivity contribution is 1.08. The lowest BCUT2D eigenvalue weighted by Crippen LogP contribution is -1.99. The van der Waals surface area contributed by atoms with Gasteiger partial charge in [0, 0.05) is 35.9 Å². The van der Waals surface area contributed by atoms with E-state index in [4.69, 9.17) is 15.0 Å². The van der Waals surface area contributed by atoms with Crippen molar-refractivity contribution in [2.24, 2.45) is 0 Å². The second kappa shape index (κ2) is 7.01. The van der Waals surface area contributed by atoms with Crippen LogP contribution in [0.3, 0.4) is 0 Å². The highest BCUT2D eigenvalue weighted by atomic mass is 15.3. The first-order valence-corrected chi connectivity index (χ1v) is 12.3. The number of benzene rings is 1. The first kappa shape index (κ1) is 19.6. The quantitative estimate of drug-likeness (QED) is 0.325. The number of nitrogens with zero attached hydrogens (tertiary/aromatic N) is 9. The van der Waals surface area contributed by atoms with Crippen molar-refractivity contribution in [1.82, 2.24) is 42.9 Å². The Bertz CT molecular complexity index is 2200. The van der Waals surface area contributed by atoms with Gasteiger partial charge >= 0.3 is 0 Å². The van der Waals surface area contributed by atoms with E-state index in [-0.39, 0.29) is 0 Å². The zero-order valence-electron chi connectivity index (χ0n) is 19.8. The maximum absolute atomic E-state index is 4.94. The molecule has 38 heavy (non-hydrogen) atoms. The molecule has 0 bridgehead atoms. The van der Waals surface area contributed by atoms with Crippen molar-refractivity contribution < 1.29 is 0 Å². The highest BCUT2D eigenvalue weighted by Gasteiger charge is 2.20. The molecule has 178 valence electrons. The van der Waals surface area contributed by atoms with E-state index in [0.29, 0.717) is 0 Å². The SMILES string of the molecule is c1cc(-n2c3cccnc3n3c4ncccc4cc23)cc(-n2c3cccnc3n3c4ncccc4nc23)c1. The topological polar surface area (TPSA) is 83.1 Å².